The second kappa shape index (κ2) is 7.02. The molecule has 0 spiro atoms. The van der Waals surface area contributed by atoms with Gasteiger partial charge < -0.3 is 15.0 Å². The van der Waals surface area contributed by atoms with Crippen LogP contribution in [0.1, 0.15) is 31.2 Å². The third-order valence-electron chi connectivity index (χ3n) is 5.85. The van der Waals surface area contributed by atoms with Crippen LogP contribution in [-0.4, -0.2) is 35.4 Å². The summed E-state index contributed by atoms with van der Waals surface area (Å²) in [5.41, 5.74) is 1.17. The van der Waals surface area contributed by atoms with Crippen LogP contribution < -0.4 is 10.1 Å². The normalized spacial score (nSPS) is 23.7. The van der Waals surface area contributed by atoms with E-state index in [9.17, 15) is 9.59 Å². The van der Waals surface area contributed by atoms with E-state index < -0.39 is 11.8 Å². The van der Waals surface area contributed by atoms with Crippen LogP contribution in [0.25, 0.3) is 0 Å². The van der Waals surface area contributed by atoms with E-state index in [2.05, 4.69) is 22.4 Å². The smallest absolute Gasteiger partial charge is 0.314 e. The number of aromatic nitrogens is 1. The first-order valence-corrected chi connectivity index (χ1v) is 9.34. The molecule has 0 unspecified atom stereocenters. The fourth-order valence-electron chi connectivity index (χ4n) is 4.57. The molecule has 4 rings (SSSR count). The molecule has 1 aliphatic carbocycles. The van der Waals surface area contributed by atoms with Crippen molar-refractivity contribution in [1.29, 1.82) is 0 Å². The summed E-state index contributed by atoms with van der Waals surface area (Å²) < 4.78 is 5.15. The topological polar surface area (TPSA) is 71.5 Å². The number of likely N-dealkylation sites (tertiary alicyclic amines) is 1. The largest absolute Gasteiger partial charge is 0.480 e. The van der Waals surface area contributed by atoms with E-state index >= 15 is 0 Å². The minimum Gasteiger partial charge on any atom is -0.480 e. The molecule has 1 saturated heterocycles. The molecule has 0 radical (unpaired) electrons. The van der Waals surface area contributed by atoms with Gasteiger partial charge in [-0.25, -0.2) is 4.98 Å². The van der Waals surface area contributed by atoms with E-state index in [1.54, 1.807) is 23.2 Å². The van der Waals surface area contributed by atoms with E-state index in [0.717, 1.165) is 24.8 Å². The molecule has 2 fully saturated rings. The molecule has 27 heavy (non-hydrogen) atoms. The number of ether oxygens (including phenoxy) is 1. The van der Waals surface area contributed by atoms with Gasteiger partial charge in [0.25, 0.3) is 0 Å². The van der Waals surface area contributed by atoms with Crippen molar-refractivity contribution in [1.82, 2.24) is 9.88 Å². The minimum absolute atomic E-state index is 0.288. The minimum atomic E-state index is -0.652. The highest BCUT2D eigenvalue weighted by Gasteiger charge is 2.57. The maximum absolute atomic E-state index is 13.0. The number of carbonyl (C=O) groups excluding carboxylic acids is 2. The summed E-state index contributed by atoms with van der Waals surface area (Å²) in [5.74, 6) is -0.447. The number of hydrogen-bond donors (Lipinski definition) is 1. The maximum atomic E-state index is 13.0. The van der Waals surface area contributed by atoms with Crippen molar-refractivity contribution < 1.29 is 14.3 Å². The second-order valence-corrected chi connectivity index (χ2v) is 7.16. The predicted molar refractivity (Wildman–Crippen MR) is 101 cm³/mol. The molecule has 2 atom stereocenters. The SMILES string of the molecule is COc1ncccc1NC(=O)C(=O)N1C[C@H]2CCCC[C@@]21c1ccccc1. The van der Waals surface area contributed by atoms with E-state index in [-0.39, 0.29) is 11.4 Å². The van der Waals surface area contributed by atoms with Gasteiger partial charge in [0.2, 0.25) is 5.88 Å². The Labute approximate surface area is 158 Å². The number of methoxy groups -OCH3 is 1. The number of nitrogens with zero attached hydrogens (tertiary/aromatic N) is 2. The molecule has 0 bridgehead atoms. The van der Waals surface area contributed by atoms with Crippen molar-refractivity contribution in [2.75, 3.05) is 19.0 Å². The Morgan fingerprint density at radius 3 is 2.74 bits per heavy atom. The fraction of sp³-hybridized carbons (Fsp3) is 0.381. The zero-order chi connectivity index (χ0) is 18.9. The van der Waals surface area contributed by atoms with Gasteiger partial charge in [0, 0.05) is 18.7 Å². The van der Waals surface area contributed by atoms with Crippen LogP contribution in [0.4, 0.5) is 5.69 Å². The molecule has 1 saturated carbocycles. The van der Waals surface area contributed by atoms with Crippen LogP contribution in [0.2, 0.25) is 0 Å². The number of pyridine rings is 1. The van der Waals surface area contributed by atoms with Gasteiger partial charge in [-0.05, 0) is 30.5 Å². The maximum Gasteiger partial charge on any atom is 0.314 e. The monoisotopic (exact) mass is 365 g/mol. The summed E-state index contributed by atoms with van der Waals surface area (Å²) >= 11 is 0. The summed E-state index contributed by atoms with van der Waals surface area (Å²) in [6, 6.07) is 13.5. The van der Waals surface area contributed by atoms with Crippen LogP contribution in [0, 0.1) is 5.92 Å². The molecular formula is C21H23N3O3. The number of carbonyl (C=O) groups is 2. The Morgan fingerprint density at radius 1 is 1.19 bits per heavy atom. The molecular weight excluding hydrogens is 342 g/mol. The van der Waals surface area contributed by atoms with Crippen molar-refractivity contribution in [3.05, 3.63) is 54.2 Å². The van der Waals surface area contributed by atoms with E-state index in [0.29, 0.717) is 18.2 Å². The Bertz CT molecular complexity index is 855. The predicted octanol–water partition coefficient (Wildman–Crippen LogP) is 2.96. The molecule has 2 aromatic rings. The number of rotatable bonds is 3. The summed E-state index contributed by atoms with van der Waals surface area (Å²) in [5, 5.41) is 2.66. The van der Waals surface area contributed by atoms with Crippen molar-refractivity contribution in [2.24, 2.45) is 5.92 Å². The van der Waals surface area contributed by atoms with Crippen molar-refractivity contribution in [3.8, 4) is 5.88 Å². The van der Waals surface area contributed by atoms with Gasteiger partial charge in [0.05, 0.1) is 12.6 Å². The summed E-state index contributed by atoms with van der Waals surface area (Å²) in [7, 11) is 1.48. The van der Waals surface area contributed by atoms with Crippen LogP contribution in [0.15, 0.2) is 48.7 Å². The number of amides is 2. The van der Waals surface area contributed by atoms with E-state index in [1.165, 1.54) is 13.5 Å². The van der Waals surface area contributed by atoms with Gasteiger partial charge in [-0.1, -0.05) is 43.2 Å². The number of hydrogen-bond acceptors (Lipinski definition) is 4. The van der Waals surface area contributed by atoms with Crippen molar-refractivity contribution in [2.45, 2.75) is 31.2 Å². The second-order valence-electron chi connectivity index (χ2n) is 7.16. The third-order valence-corrected chi connectivity index (χ3v) is 5.85. The Morgan fingerprint density at radius 2 is 2.00 bits per heavy atom. The van der Waals surface area contributed by atoms with Gasteiger partial charge in [0.15, 0.2) is 0 Å². The van der Waals surface area contributed by atoms with Crippen LogP contribution in [0.3, 0.4) is 0 Å². The Hall–Kier alpha value is -2.89. The third kappa shape index (κ3) is 2.85. The standard InChI is InChI=1S/C21H23N3O3/c1-27-19-17(11-7-13-22-19)23-18(25)20(26)24-14-16-10-5-6-12-21(16,24)15-8-3-2-4-9-15/h2-4,7-9,11,13,16H,5-6,10,12,14H2,1H3,(H,23,25)/t16-,21-/m1/s1. The van der Waals surface area contributed by atoms with E-state index in [1.807, 2.05) is 18.2 Å². The first kappa shape index (κ1) is 17.5. The first-order chi connectivity index (χ1) is 13.2. The van der Waals surface area contributed by atoms with Gasteiger partial charge in [0.1, 0.15) is 5.69 Å². The lowest BCUT2D eigenvalue weighted by Crippen LogP contribution is -2.69. The van der Waals surface area contributed by atoms with Crippen LogP contribution in [-0.2, 0) is 15.1 Å². The lowest BCUT2D eigenvalue weighted by Gasteiger charge is -2.61. The zero-order valence-electron chi connectivity index (χ0n) is 15.4. The molecule has 140 valence electrons. The fourth-order valence-corrected chi connectivity index (χ4v) is 4.57. The summed E-state index contributed by atoms with van der Waals surface area (Å²) in [4.78, 5) is 31.5. The zero-order valence-corrected chi connectivity index (χ0v) is 15.4. The lowest BCUT2D eigenvalue weighted by atomic mass is 9.61. The number of nitrogens with one attached hydrogen (secondary N) is 1. The molecule has 1 aromatic heterocycles. The molecule has 1 N–H and O–H groups in total. The van der Waals surface area contributed by atoms with Crippen LogP contribution >= 0.6 is 0 Å². The Balaban J connectivity index is 1.58. The average molecular weight is 365 g/mol. The highest BCUT2D eigenvalue weighted by Crippen LogP contribution is 2.53. The average Bonchev–Trinajstić information content (AvgIpc) is 2.70. The summed E-state index contributed by atoms with van der Waals surface area (Å²) in [6.07, 6.45) is 5.81. The van der Waals surface area contributed by atoms with Crippen molar-refractivity contribution >= 4 is 17.5 Å². The quantitative estimate of drug-likeness (QED) is 0.849. The van der Waals surface area contributed by atoms with E-state index in [4.69, 9.17) is 4.74 Å². The lowest BCUT2D eigenvalue weighted by molar-refractivity contribution is -0.170. The molecule has 2 heterocycles. The van der Waals surface area contributed by atoms with Crippen molar-refractivity contribution in [3.63, 3.8) is 0 Å². The highest BCUT2D eigenvalue weighted by atomic mass is 16.5. The van der Waals surface area contributed by atoms with Crippen LogP contribution in [0.5, 0.6) is 5.88 Å². The molecule has 1 aromatic carbocycles. The van der Waals surface area contributed by atoms with Gasteiger partial charge in [-0.3, -0.25) is 9.59 Å². The summed E-state index contributed by atoms with van der Waals surface area (Å²) in [6.45, 7) is 0.630. The Kier molecular flexibility index (Phi) is 4.56. The van der Waals surface area contributed by atoms with Gasteiger partial charge in [-0.2, -0.15) is 0 Å². The van der Waals surface area contributed by atoms with Gasteiger partial charge in [-0.15, -0.1) is 0 Å². The number of fused-ring (bicyclic) bond motifs is 1. The molecule has 2 amide bonds. The van der Waals surface area contributed by atoms with Gasteiger partial charge >= 0.3 is 11.8 Å². The highest BCUT2D eigenvalue weighted by molar-refractivity contribution is 6.40. The number of benzene rings is 1. The molecule has 2 aliphatic rings. The molecule has 6 nitrogen and oxygen atoms in total. The number of anilines is 1. The first-order valence-electron chi connectivity index (χ1n) is 9.34. The molecule has 6 heteroatoms. The molecule has 1 aliphatic heterocycles.